The summed E-state index contributed by atoms with van der Waals surface area (Å²) < 4.78 is 1.15. The molecule has 1 aliphatic rings. The summed E-state index contributed by atoms with van der Waals surface area (Å²) in [7, 11) is 0. The van der Waals surface area contributed by atoms with Crippen LogP contribution >= 0.6 is 15.9 Å². The number of halogens is 1. The van der Waals surface area contributed by atoms with Gasteiger partial charge in [0.15, 0.2) is 0 Å². The number of aryl methyl sites for hydroxylation is 1. The summed E-state index contributed by atoms with van der Waals surface area (Å²) in [4.78, 5) is 0. The van der Waals surface area contributed by atoms with Gasteiger partial charge in [-0.15, -0.1) is 0 Å². The van der Waals surface area contributed by atoms with Crippen LogP contribution in [0.2, 0.25) is 0 Å². The first-order valence-corrected chi connectivity index (χ1v) is 6.60. The van der Waals surface area contributed by atoms with Crippen LogP contribution in [0.4, 0.5) is 0 Å². The summed E-state index contributed by atoms with van der Waals surface area (Å²) in [5.74, 6) is 0. The first kappa shape index (κ1) is 12.1. The minimum atomic E-state index is 0.417. The number of nitrogens with one attached hydrogen (secondary N) is 1. The fourth-order valence-electron chi connectivity index (χ4n) is 1.92. The third-order valence-corrected chi connectivity index (χ3v) is 4.01. The standard InChI is InChI=1S/C13H19BrN2/c1-10-2-3-12(14)6-11(10)7-16-9-13(8-15)4-5-13/h2-3,6,16H,4-5,7-9,15H2,1H3. The molecule has 16 heavy (non-hydrogen) atoms. The van der Waals surface area contributed by atoms with Gasteiger partial charge < -0.3 is 11.1 Å². The minimum Gasteiger partial charge on any atom is -0.330 e. The maximum Gasteiger partial charge on any atom is 0.0208 e. The molecule has 0 radical (unpaired) electrons. The normalized spacial score (nSPS) is 17.4. The Morgan fingerprint density at radius 3 is 2.81 bits per heavy atom. The summed E-state index contributed by atoms with van der Waals surface area (Å²) in [5, 5.41) is 3.52. The highest BCUT2D eigenvalue weighted by Crippen LogP contribution is 2.43. The van der Waals surface area contributed by atoms with Crippen LogP contribution in [0.5, 0.6) is 0 Å². The summed E-state index contributed by atoms with van der Waals surface area (Å²) in [6, 6.07) is 6.42. The van der Waals surface area contributed by atoms with Crippen molar-refractivity contribution < 1.29 is 0 Å². The molecule has 3 heteroatoms. The molecular weight excluding hydrogens is 264 g/mol. The quantitative estimate of drug-likeness (QED) is 0.871. The molecule has 2 rings (SSSR count). The molecule has 0 bridgehead atoms. The van der Waals surface area contributed by atoms with Crippen molar-refractivity contribution in [3.63, 3.8) is 0 Å². The third kappa shape index (κ3) is 2.84. The van der Waals surface area contributed by atoms with E-state index in [0.717, 1.165) is 24.1 Å². The lowest BCUT2D eigenvalue weighted by Crippen LogP contribution is -2.29. The lowest BCUT2D eigenvalue weighted by Gasteiger charge is -2.14. The second-order valence-corrected chi connectivity index (χ2v) is 5.79. The van der Waals surface area contributed by atoms with Crippen LogP contribution in [0.1, 0.15) is 24.0 Å². The predicted octanol–water partition coefficient (Wildman–Crippen LogP) is 2.59. The van der Waals surface area contributed by atoms with Gasteiger partial charge in [0.2, 0.25) is 0 Å². The summed E-state index contributed by atoms with van der Waals surface area (Å²) in [5.41, 5.74) is 8.88. The van der Waals surface area contributed by atoms with Crippen LogP contribution in [-0.4, -0.2) is 13.1 Å². The highest BCUT2D eigenvalue weighted by Gasteiger charge is 2.40. The van der Waals surface area contributed by atoms with Crippen LogP contribution in [0.3, 0.4) is 0 Å². The number of hydrogen-bond donors (Lipinski definition) is 2. The van der Waals surface area contributed by atoms with Crippen molar-refractivity contribution in [3.05, 3.63) is 33.8 Å². The molecule has 3 N–H and O–H groups in total. The molecule has 0 spiro atoms. The van der Waals surface area contributed by atoms with E-state index in [0.29, 0.717) is 5.41 Å². The molecule has 1 aromatic rings. The highest BCUT2D eigenvalue weighted by molar-refractivity contribution is 9.10. The number of nitrogens with two attached hydrogens (primary N) is 1. The molecule has 0 amide bonds. The van der Waals surface area contributed by atoms with Crippen LogP contribution in [0.25, 0.3) is 0 Å². The lowest BCUT2D eigenvalue weighted by atomic mass is 10.1. The second kappa shape index (κ2) is 4.86. The van der Waals surface area contributed by atoms with Crippen LogP contribution in [-0.2, 0) is 6.54 Å². The largest absolute Gasteiger partial charge is 0.330 e. The maximum atomic E-state index is 5.75. The Labute approximate surface area is 106 Å². The lowest BCUT2D eigenvalue weighted by molar-refractivity contribution is 0.467. The fourth-order valence-corrected chi connectivity index (χ4v) is 2.33. The van der Waals surface area contributed by atoms with Gasteiger partial charge >= 0.3 is 0 Å². The summed E-state index contributed by atoms with van der Waals surface area (Å²) >= 11 is 3.51. The zero-order valence-electron chi connectivity index (χ0n) is 9.72. The van der Waals surface area contributed by atoms with E-state index in [9.17, 15) is 0 Å². The van der Waals surface area contributed by atoms with Gasteiger partial charge in [0.25, 0.3) is 0 Å². The Balaban J connectivity index is 1.87. The Hall–Kier alpha value is -0.380. The summed E-state index contributed by atoms with van der Waals surface area (Å²) in [6.07, 6.45) is 2.57. The molecule has 1 aliphatic carbocycles. The van der Waals surface area contributed by atoms with Gasteiger partial charge in [-0.3, -0.25) is 0 Å². The zero-order valence-corrected chi connectivity index (χ0v) is 11.3. The molecule has 1 aromatic carbocycles. The SMILES string of the molecule is Cc1ccc(Br)cc1CNCC1(CN)CC1. The van der Waals surface area contributed by atoms with Gasteiger partial charge in [0, 0.05) is 17.6 Å². The van der Waals surface area contributed by atoms with Crippen molar-refractivity contribution in [2.45, 2.75) is 26.3 Å². The van der Waals surface area contributed by atoms with Gasteiger partial charge in [-0.05, 0) is 55.0 Å². The smallest absolute Gasteiger partial charge is 0.0208 e. The van der Waals surface area contributed by atoms with Crippen LogP contribution in [0.15, 0.2) is 22.7 Å². The molecule has 0 saturated heterocycles. The van der Waals surface area contributed by atoms with E-state index < -0.39 is 0 Å². The molecule has 0 heterocycles. The van der Waals surface area contributed by atoms with E-state index in [1.165, 1.54) is 24.0 Å². The third-order valence-electron chi connectivity index (χ3n) is 3.52. The maximum absolute atomic E-state index is 5.75. The van der Waals surface area contributed by atoms with Crippen molar-refractivity contribution >= 4 is 15.9 Å². The Morgan fingerprint density at radius 1 is 1.44 bits per heavy atom. The fraction of sp³-hybridized carbons (Fsp3) is 0.538. The number of benzene rings is 1. The van der Waals surface area contributed by atoms with Gasteiger partial charge in [-0.1, -0.05) is 22.0 Å². The minimum absolute atomic E-state index is 0.417. The second-order valence-electron chi connectivity index (χ2n) is 4.88. The molecular formula is C13H19BrN2. The van der Waals surface area contributed by atoms with E-state index in [1.807, 2.05) is 0 Å². The van der Waals surface area contributed by atoms with E-state index in [1.54, 1.807) is 0 Å². The van der Waals surface area contributed by atoms with E-state index in [4.69, 9.17) is 5.73 Å². The van der Waals surface area contributed by atoms with E-state index in [-0.39, 0.29) is 0 Å². The molecule has 1 saturated carbocycles. The predicted molar refractivity (Wildman–Crippen MR) is 71.3 cm³/mol. The van der Waals surface area contributed by atoms with Crippen molar-refractivity contribution in [3.8, 4) is 0 Å². The molecule has 0 unspecified atom stereocenters. The Bertz CT molecular complexity index is 372. The van der Waals surface area contributed by atoms with Gasteiger partial charge in [0.05, 0.1) is 0 Å². The van der Waals surface area contributed by atoms with Crippen molar-refractivity contribution in [1.82, 2.24) is 5.32 Å². The summed E-state index contributed by atoms with van der Waals surface area (Å²) in [6.45, 7) is 4.96. The first-order valence-electron chi connectivity index (χ1n) is 5.81. The Kier molecular flexibility index (Phi) is 3.67. The number of hydrogen-bond acceptors (Lipinski definition) is 2. The molecule has 0 aliphatic heterocycles. The molecule has 0 atom stereocenters. The van der Waals surface area contributed by atoms with Crippen molar-refractivity contribution in [2.75, 3.05) is 13.1 Å². The molecule has 0 aromatic heterocycles. The molecule has 88 valence electrons. The average Bonchev–Trinajstić information content (AvgIpc) is 3.04. The monoisotopic (exact) mass is 282 g/mol. The van der Waals surface area contributed by atoms with Gasteiger partial charge in [-0.2, -0.15) is 0 Å². The highest BCUT2D eigenvalue weighted by atomic mass is 79.9. The van der Waals surface area contributed by atoms with Crippen LogP contribution in [0, 0.1) is 12.3 Å². The topological polar surface area (TPSA) is 38.0 Å². The zero-order chi connectivity index (χ0) is 11.6. The first-order chi connectivity index (χ1) is 7.65. The van der Waals surface area contributed by atoms with Crippen molar-refractivity contribution in [2.24, 2.45) is 11.1 Å². The molecule has 1 fully saturated rings. The molecule has 2 nitrogen and oxygen atoms in total. The van der Waals surface area contributed by atoms with Crippen molar-refractivity contribution in [1.29, 1.82) is 0 Å². The van der Waals surface area contributed by atoms with Crippen LogP contribution < -0.4 is 11.1 Å². The number of rotatable bonds is 5. The van der Waals surface area contributed by atoms with E-state index >= 15 is 0 Å². The van der Waals surface area contributed by atoms with E-state index in [2.05, 4.69) is 46.4 Å². The van der Waals surface area contributed by atoms with Gasteiger partial charge in [-0.25, -0.2) is 0 Å². The average molecular weight is 283 g/mol. The Morgan fingerprint density at radius 2 is 2.19 bits per heavy atom. The van der Waals surface area contributed by atoms with Gasteiger partial charge in [0.1, 0.15) is 0 Å².